The predicted molar refractivity (Wildman–Crippen MR) is 58.8 cm³/mol. The molecule has 0 aliphatic rings. The zero-order valence-electron chi connectivity index (χ0n) is 8.62. The van der Waals surface area contributed by atoms with Crippen LogP contribution in [0, 0.1) is 6.92 Å². The standard InChI is InChI=1S/C10H12BrNO3/c1-7-9(11)3-4-10(12-7)15-6-5-14-8(2)13/h3-4H,5-6H2,1-2H3. The Kier molecular flexibility index (Phi) is 4.55. The Labute approximate surface area is 96.7 Å². The number of halogens is 1. The second kappa shape index (κ2) is 5.70. The lowest BCUT2D eigenvalue weighted by atomic mass is 10.4. The van der Waals surface area contributed by atoms with E-state index < -0.39 is 0 Å². The molecule has 0 aliphatic heterocycles. The van der Waals surface area contributed by atoms with Crippen LogP contribution >= 0.6 is 15.9 Å². The third kappa shape index (κ3) is 4.29. The van der Waals surface area contributed by atoms with Gasteiger partial charge in [-0.25, -0.2) is 4.98 Å². The summed E-state index contributed by atoms with van der Waals surface area (Å²) in [6, 6.07) is 3.62. The van der Waals surface area contributed by atoms with Gasteiger partial charge in [-0.3, -0.25) is 4.79 Å². The fourth-order valence-corrected chi connectivity index (χ4v) is 1.15. The monoisotopic (exact) mass is 273 g/mol. The number of carbonyl (C=O) groups is 1. The smallest absolute Gasteiger partial charge is 0.302 e. The first-order chi connectivity index (χ1) is 7.09. The van der Waals surface area contributed by atoms with Crippen molar-refractivity contribution >= 4 is 21.9 Å². The molecule has 15 heavy (non-hydrogen) atoms. The minimum atomic E-state index is -0.307. The third-order valence-electron chi connectivity index (χ3n) is 1.63. The molecular formula is C10H12BrNO3. The number of aryl methyl sites for hydroxylation is 1. The van der Waals surface area contributed by atoms with Crippen LogP contribution in [-0.2, 0) is 9.53 Å². The van der Waals surface area contributed by atoms with Gasteiger partial charge in [0.2, 0.25) is 5.88 Å². The second-order valence-corrected chi connectivity index (χ2v) is 3.76. The van der Waals surface area contributed by atoms with Gasteiger partial charge in [-0.2, -0.15) is 0 Å². The Morgan fingerprint density at radius 1 is 1.47 bits per heavy atom. The first kappa shape index (κ1) is 12.0. The molecule has 0 aliphatic carbocycles. The lowest BCUT2D eigenvalue weighted by Crippen LogP contribution is -2.10. The van der Waals surface area contributed by atoms with Gasteiger partial charge >= 0.3 is 5.97 Å². The maximum Gasteiger partial charge on any atom is 0.302 e. The maximum atomic E-state index is 10.5. The van der Waals surface area contributed by atoms with Crippen molar-refractivity contribution in [2.45, 2.75) is 13.8 Å². The molecule has 0 aromatic carbocycles. The van der Waals surface area contributed by atoms with Gasteiger partial charge in [-0.05, 0) is 28.9 Å². The molecule has 0 saturated heterocycles. The summed E-state index contributed by atoms with van der Waals surface area (Å²) in [6.07, 6.45) is 0. The van der Waals surface area contributed by atoms with Gasteiger partial charge in [-0.1, -0.05) is 0 Å². The molecule has 0 spiro atoms. The summed E-state index contributed by atoms with van der Waals surface area (Å²) >= 11 is 3.34. The van der Waals surface area contributed by atoms with Crippen molar-refractivity contribution in [3.63, 3.8) is 0 Å². The minimum absolute atomic E-state index is 0.242. The van der Waals surface area contributed by atoms with Gasteiger partial charge in [0.05, 0.1) is 5.69 Å². The Morgan fingerprint density at radius 2 is 2.20 bits per heavy atom. The van der Waals surface area contributed by atoms with Gasteiger partial charge in [0.15, 0.2) is 0 Å². The van der Waals surface area contributed by atoms with E-state index in [1.54, 1.807) is 6.07 Å². The van der Waals surface area contributed by atoms with Crippen LogP contribution < -0.4 is 4.74 Å². The number of rotatable bonds is 4. The van der Waals surface area contributed by atoms with E-state index in [1.807, 2.05) is 13.0 Å². The van der Waals surface area contributed by atoms with Crippen LogP contribution in [0.4, 0.5) is 0 Å². The molecule has 1 rings (SSSR count). The van der Waals surface area contributed by atoms with Crippen molar-refractivity contribution in [2.75, 3.05) is 13.2 Å². The molecule has 1 aromatic heterocycles. The van der Waals surface area contributed by atoms with Crippen LogP contribution in [-0.4, -0.2) is 24.2 Å². The first-order valence-corrected chi connectivity index (χ1v) is 5.28. The maximum absolute atomic E-state index is 10.5. The van der Waals surface area contributed by atoms with E-state index >= 15 is 0 Å². The third-order valence-corrected chi connectivity index (χ3v) is 2.47. The van der Waals surface area contributed by atoms with Crippen LogP contribution in [0.15, 0.2) is 16.6 Å². The van der Waals surface area contributed by atoms with Gasteiger partial charge in [-0.15, -0.1) is 0 Å². The van der Waals surface area contributed by atoms with Crippen molar-refractivity contribution in [3.8, 4) is 5.88 Å². The molecule has 82 valence electrons. The lowest BCUT2D eigenvalue weighted by molar-refractivity contribution is -0.141. The van der Waals surface area contributed by atoms with E-state index in [0.717, 1.165) is 10.2 Å². The molecule has 0 radical (unpaired) electrons. The van der Waals surface area contributed by atoms with Crippen molar-refractivity contribution in [2.24, 2.45) is 0 Å². The summed E-state index contributed by atoms with van der Waals surface area (Å²) in [5.41, 5.74) is 0.861. The fourth-order valence-electron chi connectivity index (χ4n) is 0.933. The first-order valence-electron chi connectivity index (χ1n) is 4.49. The summed E-state index contributed by atoms with van der Waals surface area (Å²) in [5, 5.41) is 0. The van der Waals surface area contributed by atoms with E-state index in [-0.39, 0.29) is 12.6 Å². The highest BCUT2D eigenvalue weighted by atomic mass is 79.9. The largest absolute Gasteiger partial charge is 0.474 e. The summed E-state index contributed by atoms with van der Waals surface area (Å²) in [5.74, 6) is 0.224. The average molecular weight is 274 g/mol. The molecular weight excluding hydrogens is 262 g/mol. The van der Waals surface area contributed by atoms with Crippen molar-refractivity contribution < 1.29 is 14.3 Å². The zero-order chi connectivity index (χ0) is 11.3. The summed E-state index contributed by atoms with van der Waals surface area (Å²) in [6.45, 7) is 3.80. The number of hydrogen-bond acceptors (Lipinski definition) is 4. The van der Waals surface area contributed by atoms with Gasteiger partial charge in [0.25, 0.3) is 0 Å². The summed E-state index contributed by atoms with van der Waals surface area (Å²) < 4.78 is 10.9. The molecule has 1 aromatic rings. The normalized spacial score (nSPS) is 9.80. The molecule has 1 heterocycles. The second-order valence-electron chi connectivity index (χ2n) is 2.91. The Bertz CT molecular complexity index is 355. The zero-order valence-corrected chi connectivity index (χ0v) is 10.2. The van der Waals surface area contributed by atoms with E-state index in [4.69, 9.17) is 9.47 Å². The molecule has 5 heteroatoms. The summed E-state index contributed by atoms with van der Waals surface area (Å²) in [7, 11) is 0. The highest BCUT2D eigenvalue weighted by Crippen LogP contribution is 2.17. The molecule has 0 N–H and O–H groups in total. The van der Waals surface area contributed by atoms with Crippen LogP contribution in [0.3, 0.4) is 0 Å². The van der Waals surface area contributed by atoms with Gasteiger partial charge in [0, 0.05) is 17.5 Å². The lowest BCUT2D eigenvalue weighted by Gasteiger charge is -2.06. The number of pyridine rings is 1. The van der Waals surface area contributed by atoms with Gasteiger partial charge in [0.1, 0.15) is 13.2 Å². The van der Waals surface area contributed by atoms with Gasteiger partial charge < -0.3 is 9.47 Å². The molecule has 0 atom stereocenters. The van der Waals surface area contributed by atoms with Crippen LogP contribution in [0.5, 0.6) is 5.88 Å². The highest BCUT2D eigenvalue weighted by Gasteiger charge is 2.00. The molecule has 0 amide bonds. The number of nitrogens with zero attached hydrogens (tertiary/aromatic N) is 1. The number of ether oxygens (including phenoxy) is 2. The molecule has 0 unspecified atom stereocenters. The number of esters is 1. The molecule has 0 bridgehead atoms. The van der Waals surface area contributed by atoms with Crippen LogP contribution in [0.1, 0.15) is 12.6 Å². The molecule has 0 saturated carbocycles. The van der Waals surface area contributed by atoms with Crippen molar-refractivity contribution in [1.29, 1.82) is 0 Å². The Balaban J connectivity index is 2.38. The number of aromatic nitrogens is 1. The Hall–Kier alpha value is -1.10. The topological polar surface area (TPSA) is 48.4 Å². The summed E-state index contributed by atoms with van der Waals surface area (Å²) in [4.78, 5) is 14.6. The van der Waals surface area contributed by atoms with E-state index in [9.17, 15) is 4.79 Å². The average Bonchev–Trinajstić information content (AvgIpc) is 2.18. The van der Waals surface area contributed by atoms with Crippen molar-refractivity contribution in [3.05, 3.63) is 22.3 Å². The highest BCUT2D eigenvalue weighted by molar-refractivity contribution is 9.10. The minimum Gasteiger partial charge on any atom is -0.474 e. The fraction of sp³-hybridized carbons (Fsp3) is 0.400. The number of hydrogen-bond donors (Lipinski definition) is 0. The SMILES string of the molecule is CC(=O)OCCOc1ccc(Br)c(C)n1. The van der Waals surface area contributed by atoms with E-state index in [2.05, 4.69) is 20.9 Å². The van der Waals surface area contributed by atoms with Crippen LogP contribution in [0.25, 0.3) is 0 Å². The molecule has 4 nitrogen and oxygen atoms in total. The van der Waals surface area contributed by atoms with Crippen molar-refractivity contribution in [1.82, 2.24) is 4.98 Å². The quantitative estimate of drug-likeness (QED) is 0.623. The van der Waals surface area contributed by atoms with E-state index in [0.29, 0.717) is 12.5 Å². The number of carbonyl (C=O) groups excluding carboxylic acids is 1. The Morgan fingerprint density at radius 3 is 2.80 bits per heavy atom. The van der Waals surface area contributed by atoms with E-state index in [1.165, 1.54) is 6.92 Å². The molecule has 0 fully saturated rings. The predicted octanol–water partition coefficient (Wildman–Crippen LogP) is 2.09. The van der Waals surface area contributed by atoms with Crippen LogP contribution in [0.2, 0.25) is 0 Å².